The summed E-state index contributed by atoms with van der Waals surface area (Å²) in [4.78, 5) is 38.2. The van der Waals surface area contributed by atoms with Crippen molar-refractivity contribution < 1.29 is 18.8 Å². The molecular weight excluding hydrogens is 334 g/mol. The summed E-state index contributed by atoms with van der Waals surface area (Å²) in [5, 5.41) is 3.09. The lowest BCUT2D eigenvalue weighted by molar-refractivity contribution is -0.140. The molecule has 0 bridgehead atoms. The molecule has 1 saturated heterocycles. The van der Waals surface area contributed by atoms with Crippen molar-refractivity contribution in [3.05, 3.63) is 23.7 Å². The van der Waals surface area contributed by atoms with Crippen LogP contribution in [0.15, 0.2) is 16.5 Å². The van der Waals surface area contributed by atoms with Crippen LogP contribution in [-0.2, 0) is 27.3 Å². The van der Waals surface area contributed by atoms with E-state index in [2.05, 4.69) is 5.32 Å². The number of Topliss-reactive ketones (excluding diaryl/α,β-unsaturated/α-hetero) is 1. The van der Waals surface area contributed by atoms with Gasteiger partial charge in [-0.25, -0.2) is 0 Å². The Bertz CT molecular complexity index is 640. The maximum Gasteiger partial charge on any atom is 0.223 e. The van der Waals surface area contributed by atoms with E-state index in [1.165, 1.54) is 0 Å². The molecule has 26 heavy (non-hydrogen) atoms. The Labute approximate surface area is 154 Å². The summed E-state index contributed by atoms with van der Waals surface area (Å²) in [6.45, 7) is 5.01. The predicted molar refractivity (Wildman–Crippen MR) is 97.1 cm³/mol. The highest BCUT2D eigenvalue weighted by Crippen LogP contribution is 2.20. The Morgan fingerprint density at radius 1 is 1.38 bits per heavy atom. The van der Waals surface area contributed by atoms with Crippen LogP contribution in [-0.4, -0.2) is 41.6 Å². The number of nitrogens with one attached hydrogen (secondary N) is 1. The van der Waals surface area contributed by atoms with Gasteiger partial charge in [-0.15, -0.1) is 0 Å². The third-order valence-corrected chi connectivity index (χ3v) is 4.87. The smallest absolute Gasteiger partial charge is 0.223 e. The quantitative estimate of drug-likeness (QED) is 0.726. The fourth-order valence-electron chi connectivity index (χ4n) is 3.10. The normalized spacial score (nSPS) is 19.0. The molecule has 1 unspecified atom stereocenters. The maximum atomic E-state index is 12.9. The minimum absolute atomic E-state index is 0.0149. The Morgan fingerprint density at radius 3 is 2.77 bits per heavy atom. The average molecular weight is 363 g/mol. The number of primary amides is 1. The molecule has 0 radical (unpaired) electrons. The van der Waals surface area contributed by atoms with E-state index in [0.29, 0.717) is 18.6 Å². The summed E-state index contributed by atoms with van der Waals surface area (Å²) in [7, 11) is 0. The lowest BCUT2D eigenvalue weighted by atomic mass is 10.0. The molecule has 0 aliphatic carbocycles. The van der Waals surface area contributed by atoms with Crippen LogP contribution in [0.4, 0.5) is 0 Å². The van der Waals surface area contributed by atoms with Crippen LogP contribution < -0.4 is 11.1 Å². The van der Waals surface area contributed by atoms with Gasteiger partial charge in [0.2, 0.25) is 11.8 Å². The van der Waals surface area contributed by atoms with Crippen molar-refractivity contribution in [2.24, 2.45) is 11.7 Å². The number of nitrogens with two attached hydrogens (primary N) is 1. The van der Waals surface area contributed by atoms with Crippen molar-refractivity contribution in [2.75, 3.05) is 13.1 Å². The van der Waals surface area contributed by atoms with Gasteiger partial charge in [-0.3, -0.25) is 14.4 Å². The minimum Gasteiger partial charge on any atom is -0.464 e. The number of rotatable bonds is 8. The minimum atomic E-state index is -0.462. The molecule has 3 N–H and O–H groups in total. The van der Waals surface area contributed by atoms with Crippen LogP contribution in [0.1, 0.15) is 51.1 Å². The highest BCUT2D eigenvalue weighted by atomic mass is 16.3. The number of ketones is 1. The lowest BCUT2D eigenvalue weighted by Gasteiger charge is -2.29. The zero-order valence-corrected chi connectivity index (χ0v) is 15.6. The Morgan fingerprint density at radius 2 is 2.12 bits per heavy atom. The number of hydrogen-bond acceptors (Lipinski definition) is 5. The second kappa shape index (κ2) is 9.52. The molecule has 1 aliphatic heterocycles. The molecule has 2 atom stereocenters. The topological polar surface area (TPSA) is 106 Å². The Balaban J connectivity index is 2.14. The first kappa shape index (κ1) is 20.2. The molecule has 1 aliphatic rings. The van der Waals surface area contributed by atoms with Gasteiger partial charge in [0, 0.05) is 18.8 Å². The highest BCUT2D eigenvalue weighted by molar-refractivity contribution is 5.90. The van der Waals surface area contributed by atoms with Crippen LogP contribution in [0.2, 0.25) is 0 Å². The molecule has 2 heterocycles. The van der Waals surface area contributed by atoms with Crippen LogP contribution in [0.25, 0.3) is 0 Å². The van der Waals surface area contributed by atoms with Gasteiger partial charge in [-0.2, -0.15) is 0 Å². The number of furan rings is 1. The number of carbonyl (C=O) groups is 3. The number of hydrogen-bond donors (Lipinski definition) is 2. The molecule has 144 valence electrons. The third-order valence-electron chi connectivity index (χ3n) is 4.87. The van der Waals surface area contributed by atoms with E-state index in [4.69, 9.17) is 10.2 Å². The lowest BCUT2D eigenvalue weighted by Crippen LogP contribution is -2.46. The largest absolute Gasteiger partial charge is 0.464 e. The zero-order valence-electron chi connectivity index (χ0n) is 15.6. The summed E-state index contributed by atoms with van der Waals surface area (Å²) in [5.74, 6) is 0.598. The first-order chi connectivity index (χ1) is 12.4. The van der Waals surface area contributed by atoms with E-state index in [-0.39, 0.29) is 37.1 Å². The average Bonchev–Trinajstić information content (AvgIpc) is 2.97. The molecule has 0 spiro atoms. The molecule has 2 rings (SSSR count). The van der Waals surface area contributed by atoms with E-state index in [9.17, 15) is 14.4 Å². The van der Waals surface area contributed by atoms with Crippen molar-refractivity contribution in [3.8, 4) is 0 Å². The molecule has 1 aromatic heterocycles. The summed E-state index contributed by atoms with van der Waals surface area (Å²) < 4.78 is 5.74. The van der Waals surface area contributed by atoms with Gasteiger partial charge in [0.25, 0.3) is 0 Å². The fourth-order valence-corrected chi connectivity index (χ4v) is 3.10. The van der Waals surface area contributed by atoms with E-state index in [1.807, 2.05) is 19.1 Å². The Hall–Kier alpha value is -2.15. The number of nitrogens with zero attached hydrogens (tertiary/aromatic N) is 1. The second-order valence-electron chi connectivity index (χ2n) is 6.89. The predicted octanol–water partition coefficient (Wildman–Crippen LogP) is 1.39. The molecule has 0 saturated carbocycles. The Kier molecular flexibility index (Phi) is 7.38. The molecule has 7 nitrogen and oxygen atoms in total. The molecule has 0 aromatic carbocycles. The maximum absolute atomic E-state index is 12.9. The molecule has 7 heteroatoms. The number of carbonyl (C=O) groups excluding carboxylic acids is 3. The molecule has 1 aromatic rings. The van der Waals surface area contributed by atoms with Gasteiger partial charge < -0.3 is 20.4 Å². The van der Waals surface area contributed by atoms with Gasteiger partial charge >= 0.3 is 0 Å². The zero-order chi connectivity index (χ0) is 19.1. The van der Waals surface area contributed by atoms with Crippen molar-refractivity contribution in [1.29, 1.82) is 0 Å². The van der Waals surface area contributed by atoms with Crippen LogP contribution in [0.5, 0.6) is 0 Å². The van der Waals surface area contributed by atoms with Crippen molar-refractivity contribution in [2.45, 2.75) is 58.5 Å². The number of aryl methyl sites for hydroxylation is 1. The first-order valence-electron chi connectivity index (χ1n) is 9.32. The summed E-state index contributed by atoms with van der Waals surface area (Å²) >= 11 is 0. The van der Waals surface area contributed by atoms with Crippen molar-refractivity contribution in [3.63, 3.8) is 0 Å². The second-order valence-corrected chi connectivity index (χ2v) is 6.89. The van der Waals surface area contributed by atoms with Crippen LogP contribution in [0.3, 0.4) is 0 Å². The summed E-state index contributed by atoms with van der Waals surface area (Å²) in [6.07, 6.45) is 2.79. The van der Waals surface area contributed by atoms with Gasteiger partial charge in [-0.05, 0) is 37.9 Å². The first-order valence-corrected chi connectivity index (χ1v) is 9.32. The van der Waals surface area contributed by atoms with E-state index < -0.39 is 11.9 Å². The number of amides is 2. The van der Waals surface area contributed by atoms with E-state index >= 15 is 0 Å². The van der Waals surface area contributed by atoms with Gasteiger partial charge in [-0.1, -0.05) is 13.8 Å². The fraction of sp³-hybridized carbons (Fsp3) is 0.632. The molecule has 2 amide bonds. The van der Waals surface area contributed by atoms with Gasteiger partial charge in [0.1, 0.15) is 11.5 Å². The summed E-state index contributed by atoms with van der Waals surface area (Å²) in [6, 6.07) is 3.28. The SMILES string of the molecule is CCc1ccc(CN(C(=O)CCC(C)C(N)=O)[C@H]2CCCNCC2=O)o1. The van der Waals surface area contributed by atoms with Crippen molar-refractivity contribution >= 4 is 17.6 Å². The van der Waals surface area contributed by atoms with E-state index in [1.54, 1.807) is 11.8 Å². The molecule has 1 fully saturated rings. The van der Waals surface area contributed by atoms with Crippen LogP contribution in [0, 0.1) is 5.92 Å². The highest BCUT2D eigenvalue weighted by Gasteiger charge is 2.31. The monoisotopic (exact) mass is 363 g/mol. The van der Waals surface area contributed by atoms with Gasteiger partial charge in [0.15, 0.2) is 5.78 Å². The summed E-state index contributed by atoms with van der Waals surface area (Å²) in [5.41, 5.74) is 5.28. The van der Waals surface area contributed by atoms with E-state index in [0.717, 1.165) is 25.1 Å². The van der Waals surface area contributed by atoms with Crippen molar-refractivity contribution in [1.82, 2.24) is 10.2 Å². The third kappa shape index (κ3) is 5.42. The molecular formula is C19H29N3O4. The van der Waals surface area contributed by atoms with Crippen LogP contribution >= 0.6 is 0 Å². The standard InChI is InChI=1S/C19H29N3O4/c1-3-14-7-8-15(26-14)12-22(16-5-4-10-21-11-17(16)23)18(24)9-6-13(2)19(20)25/h7-8,13,16,21H,3-6,9-12H2,1-2H3,(H2,20,25)/t13?,16-/m0/s1. The van der Waals surface area contributed by atoms with Gasteiger partial charge in [0.05, 0.1) is 19.1 Å².